The summed E-state index contributed by atoms with van der Waals surface area (Å²) < 4.78 is 6.25. The molecule has 1 aliphatic heterocycles. The van der Waals surface area contributed by atoms with Crippen molar-refractivity contribution in [2.75, 3.05) is 6.54 Å². The first-order chi connectivity index (χ1) is 20.7. The molecule has 0 spiro atoms. The second-order valence-corrected chi connectivity index (χ2v) is 12.7. The van der Waals surface area contributed by atoms with Crippen molar-refractivity contribution < 1.29 is 28.7 Å². The molecular weight excluding hydrogens is 636 g/mol. The van der Waals surface area contributed by atoms with Gasteiger partial charge >= 0.3 is 5.97 Å². The molecule has 3 fully saturated rings. The predicted molar refractivity (Wildman–Crippen MR) is 159 cm³/mol. The van der Waals surface area contributed by atoms with Gasteiger partial charge in [-0.2, -0.15) is 5.01 Å². The Morgan fingerprint density at radius 3 is 1.91 bits per heavy atom. The summed E-state index contributed by atoms with van der Waals surface area (Å²) in [6, 6.07) is 18.7. The van der Waals surface area contributed by atoms with Crippen molar-refractivity contribution in [3.05, 3.63) is 111 Å². The van der Waals surface area contributed by atoms with Crippen LogP contribution in [0, 0.1) is 35.5 Å². The molecule has 1 heterocycles. The number of rotatable bonds is 7. The number of carbonyl (C=O) groups is 5. The maximum atomic E-state index is 13.8. The van der Waals surface area contributed by atoms with Gasteiger partial charge in [-0.15, -0.1) is 0 Å². The Hall–Kier alpha value is -4.08. The molecule has 0 unspecified atom stereocenters. The molecule has 3 aromatic rings. The van der Waals surface area contributed by atoms with Crippen molar-refractivity contribution in [1.82, 2.24) is 10.0 Å². The van der Waals surface area contributed by atoms with Crippen molar-refractivity contribution >= 4 is 57.0 Å². The lowest BCUT2D eigenvalue weighted by atomic mass is 9.63. The van der Waals surface area contributed by atoms with Gasteiger partial charge in [0.2, 0.25) is 0 Å². The van der Waals surface area contributed by atoms with Gasteiger partial charge in [-0.1, -0.05) is 39.7 Å². The highest BCUT2D eigenvalue weighted by Crippen LogP contribution is 2.65. The maximum Gasteiger partial charge on any atom is 0.343 e. The number of hydrazine groups is 1. The third kappa shape index (κ3) is 4.80. The Morgan fingerprint density at radius 2 is 1.33 bits per heavy atom. The van der Waals surface area contributed by atoms with Crippen LogP contribution < -0.4 is 4.74 Å². The van der Waals surface area contributed by atoms with Crippen LogP contribution in [0.25, 0.3) is 0 Å². The van der Waals surface area contributed by atoms with E-state index in [4.69, 9.17) is 16.3 Å². The van der Waals surface area contributed by atoms with Gasteiger partial charge in [0.15, 0.2) is 5.78 Å². The fourth-order valence-corrected chi connectivity index (χ4v) is 7.23. The molecule has 10 heteroatoms. The molecule has 4 aliphatic carbocycles. The van der Waals surface area contributed by atoms with Gasteiger partial charge in [0.1, 0.15) is 12.3 Å². The summed E-state index contributed by atoms with van der Waals surface area (Å²) in [5.74, 6) is -2.68. The van der Waals surface area contributed by atoms with Gasteiger partial charge in [0.25, 0.3) is 17.7 Å². The molecular formula is C33H24BrClN2O6. The van der Waals surface area contributed by atoms with Crippen molar-refractivity contribution in [3.63, 3.8) is 0 Å². The van der Waals surface area contributed by atoms with E-state index in [0.717, 1.165) is 20.9 Å². The van der Waals surface area contributed by atoms with E-state index in [9.17, 15) is 24.0 Å². The fourth-order valence-electron chi connectivity index (χ4n) is 6.84. The maximum absolute atomic E-state index is 13.8. The Balaban J connectivity index is 1.13. The van der Waals surface area contributed by atoms with Crippen LogP contribution >= 0.6 is 27.5 Å². The first-order valence-electron chi connectivity index (χ1n) is 14.0. The summed E-state index contributed by atoms with van der Waals surface area (Å²) >= 11 is 9.34. The molecule has 6 atom stereocenters. The van der Waals surface area contributed by atoms with Gasteiger partial charge in [-0.3, -0.25) is 19.2 Å². The standard InChI is InChI=1S/C33H24BrClN2O6/c34-20-7-1-19(2-8-20)33(42)43-22-11-5-17(6-12-22)27(38)16-36(30(39)18-3-9-21(35)10-4-18)37-31(40)28-23-13-14-24(26-15-25(23)26)29(28)32(37)41/h1-14,23-26,28-29H,15-16H2/t23-,24-,25-,26+,28-,29+/m0/s1. The average Bonchev–Trinajstić information content (AvgIpc) is 3.79. The van der Waals surface area contributed by atoms with E-state index in [1.54, 1.807) is 24.3 Å². The first-order valence-corrected chi connectivity index (χ1v) is 15.1. The Kier molecular flexibility index (Phi) is 6.82. The summed E-state index contributed by atoms with van der Waals surface area (Å²) in [5.41, 5.74) is 0.768. The Morgan fingerprint density at radius 1 is 0.791 bits per heavy atom. The molecule has 1 saturated heterocycles. The third-order valence-electron chi connectivity index (χ3n) is 8.97. The molecule has 0 radical (unpaired) electrons. The summed E-state index contributed by atoms with van der Waals surface area (Å²) in [4.78, 5) is 67.5. The highest BCUT2D eigenvalue weighted by atomic mass is 79.9. The van der Waals surface area contributed by atoms with Crippen LogP contribution in [0.4, 0.5) is 0 Å². The zero-order valence-corrected chi connectivity index (χ0v) is 24.9. The highest BCUT2D eigenvalue weighted by Gasteiger charge is 2.68. The monoisotopic (exact) mass is 658 g/mol. The second kappa shape index (κ2) is 10.6. The average molecular weight is 660 g/mol. The number of amides is 3. The lowest BCUT2D eigenvalue weighted by Crippen LogP contribution is -2.52. The van der Waals surface area contributed by atoms with Crippen LogP contribution in [0.3, 0.4) is 0 Å². The van der Waals surface area contributed by atoms with Crippen molar-refractivity contribution in [1.29, 1.82) is 0 Å². The number of benzene rings is 3. The molecule has 43 heavy (non-hydrogen) atoms. The number of ketones is 1. The predicted octanol–water partition coefficient (Wildman–Crippen LogP) is 5.61. The van der Waals surface area contributed by atoms with Crippen LogP contribution in [-0.2, 0) is 9.59 Å². The van der Waals surface area contributed by atoms with Gasteiger partial charge in [-0.05, 0) is 103 Å². The van der Waals surface area contributed by atoms with Gasteiger partial charge in [0, 0.05) is 20.6 Å². The van der Waals surface area contributed by atoms with Gasteiger partial charge in [0.05, 0.1) is 17.4 Å². The van der Waals surface area contributed by atoms with E-state index in [1.165, 1.54) is 48.5 Å². The number of hydrogen-bond acceptors (Lipinski definition) is 6. The number of esters is 1. The van der Waals surface area contributed by atoms with Crippen LogP contribution in [0.1, 0.15) is 37.5 Å². The van der Waals surface area contributed by atoms with Crippen LogP contribution in [0.5, 0.6) is 5.75 Å². The molecule has 3 amide bonds. The van der Waals surface area contributed by atoms with E-state index >= 15 is 0 Å². The van der Waals surface area contributed by atoms with Gasteiger partial charge < -0.3 is 4.74 Å². The Labute approximate surface area is 260 Å². The molecule has 8 rings (SSSR count). The van der Waals surface area contributed by atoms with E-state index in [2.05, 4.69) is 28.1 Å². The fraction of sp³-hybridized carbons (Fsp3) is 0.242. The molecule has 0 N–H and O–H groups in total. The van der Waals surface area contributed by atoms with Crippen molar-refractivity contribution in [2.24, 2.45) is 35.5 Å². The van der Waals surface area contributed by atoms with Crippen molar-refractivity contribution in [3.8, 4) is 5.75 Å². The number of halogens is 2. The summed E-state index contributed by atoms with van der Waals surface area (Å²) in [6.07, 6.45) is 5.11. The number of Topliss-reactive ketones (excluding diaryl/α,β-unsaturated/α-hetero) is 1. The van der Waals surface area contributed by atoms with E-state index in [-0.39, 0.29) is 28.7 Å². The van der Waals surface area contributed by atoms with E-state index in [1.807, 2.05) is 0 Å². The number of hydrogen-bond donors (Lipinski definition) is 0. The second-order valence-electron chi connectivity index (χ2n) is 11.4. The number of imide groups is 1. The topological polar surface area (TPSA) is 101 Å². The van der Waals surface area contributed by atoms with Crippen LogP contribution in [-0.4, -0.2) is 46.0 Å². The molecule has 2 bridgehead atoms. The number of carbonyl (C=O) groups excluding carboxylic acids is 5. The van der Waals surface area contributed by atoms with Crippen LogP contribution in [0.15, 0.2) is 89.4 Å². The zero-order valence-electron chi connectivity index (χ0n) is 22.6. The number of ether oxygens (including phenoxy) is 1. The summed E-state index contributed by atoms with van der Waals surface area (Å²) in [7, 11) is 0. The molecule has 0 aromatic heterocycles. The lowest BCUT2D eigenvalue weighted by Gasteiger charge is -2.37. The largest absolute Gasteiger partial charge is 0.423 e. The zero-order chi connectivity index (χ0) is 30.0. The lowest BCUT2D eigenvalue weighted by molar-refractivity contribution is -0.154. The minimum Gasteiger partial charge on any atom is -0.423 e. The molecule has 3 aromatic carbocycles. The van der Waals surface area contributed by atoms with Crippen LogP contribution in [0.2, 0.25) is 5.02 Å². The molecule has 2 saturated carbocycles. The minimum absolute atomic E-state index is 0.0303. The number of nitrogens with zero attached hydrogens (tertiary/aromatic N) is 2. The minimum atomic E-state index is -0.657. The Bertz CT molecular complexity index is 1670. The third-order valence-corrected chi connectivity index (χ3v) is 9.75. The quantitative estimate of drug-likeness (QED) is 0.107. The van der Waals surface area contributed by atoms with Crippen molar-refractivity contribution in [2.45, 2.75) is 6.42 Å². The molecule has 8 nitrogen and oxygen atoms in total. The summed E-state index contributed by atoms with van der Waals surface area (Å²) in [6.45, 7) is -0.536. The smallest absolute Gasteiger partial charge is 0.343 e. The van der Waals surface area contributed by atoms with E-state index < -0.39 is 47.9 Å². The SMILES string of the molecule is O=C(CN(C(=O)c1ccc(Cl)cc1)N1C(=O)[C@@H]2[C@H]3C=C[C@@H]([C@@H]4C[C@H]34)[C@@H]2C1=O)c1ccc(OC(=O)c2ccc(Br)cc2)cc1. The first kappa shape index (κ1) is 27.7. The van der Waals surface area contributed by atoms with Gasteiger partial charge in [-0.25, -0.2) is 9.80 Å². The normalized spacial score (nSPS) is 26.1. The van der Waals surface area contributed by atoms with E-state index in [0.29, 0.717) is 22.4 Å². The summed E-state index contributed by atoms with van der Waals surface area (Å²) in [5, 5.41) is 2.30. The highest BCUT2D eigenvalue weighted by molar-refractivity contribution is 9.10. The number of allylic oxidation sites excluding steroid dienone is 2. The molecule has 5 aliphatic rings. The molecule has 216 valence electrons.